The first-order valence-corrected chi connectivity index (χ1v) is 8.94. The fourth-order valence-corrected chi connectivity index (χ4v) is 3.87. The number of oxazole rings is 1. The van der Waals surface area contributed by atoms with Gasteiger partial charge in [0.1, 0.15) is 11.1 Å². The molecule has 2 aromatic rings. The SMILES string of the molecule is CC(C)c1nc2cc([C@H](C)N3CCC4(CC4)C3)cc(C(F)(F)F)c2o1. The Kier molecular flexibility index (Phi) is 3.69. The second-order valence-corrected chi connectivity index (χ2v) is 8.02. The third-order valence-electron chi connectivity index (χ3n) is 5.78. The van der Waals surface area contributed by atoms with Crippen LogP contribution in [0.25, 0.3) is 11.1 Å². The number of hydrogen-bond acceptors (Lipinski definition) is 3. The highest BCUT2D eigenvalue weighted by Gasteiger charge is 2.48. The molecule has 25 heavy (non-hydrogen) atoms. The summed E-state index contributed by atoms with van der Waals surface area (Å²) < 4.78 is 46.2. The largest absolute Gasteiger partial charge is 0.440 e. The first kappa shape index (κ1) is 16.9. The summed E-state index contributed by atoms with van der Waals surface area (Å²) in [6.45, 7) is 7.66. The first-order chi connectivity index (χ1) is 11.7. The van der Waals surface area contributed by atoms with Crippen LogP contribution in [-0.4, -0.2) is 23.0 Å². The van der Waals surface area contributed by atoms with Gasteiger partial charge in [0.15, 0.2) is 11.5 Å². The minimum absolute atomic E-state index is 0.0512. The van der Waals surface area contributed by atoms with Crippen LogP contribution in [-0.2, 0) is 6.18 Å². The summed E-state index contributed by atoms with van der Waals surface area (Å²) in [7, 11) is 0. The van der Waals surface area contributed by atoms with Crippen LogP contribution in [0.4, 0.5) is 13.2 Å². The van der Waals surface area contributed by atoms with Gasteiger partial charge in [0.25, 0.3) is 0 Å². The maximum absolute atomic E-state index is 13.6. The highest BCUT2D eigenvalue weighted by molar-refractivity contribution is 5.78. The van der Waals surface area contributed by atoms with Gasteiger partial charge in [-0.05, 0) is 55.8 Å². The molecule has 0 bridgehead atoms. The zero-order valence-corrected chi connectivity index (χ0v) is 14.8. The van der Waals surface area contributed by atoms with Crippen molar-refractivity contribution in [2.75, 3.05) is 13.1 Å². The molecule has 2 aliphatic rings. The van der Waals surface area contributed by atoms with E-state index in [0.717, 1.165) is 19.5 Å². The lowest BCUT2D eigenvalue weighted by Gasteiger charge is -2.25. The maximum Gasteiger partial charge on any atom is 0.420 e. The Morgan fingerprint density at radius 2 is 1.88 bits per heavy atom. The summed E-state index contributed by atoms with van der Waals surface area (Å²) in [5.41, 5.74) is 0.560. The summed E-state index contributed by atoms with van der Waals surface area (Å²) >= 11 is 0. The lowest BCUT2D eigenvalue weighted by molar-refractivity contribution is -0.136. The van der Waals surface area contributed by atoms with Crippen LogP contribution in [0.15, 0.2) is 16.5 Å². The molecule has 0 amide bonds. The number of halogens is 3. The van der Waals surface area contributed by atoms with Gasteiger partial charge in [0, 0.05) is 18.5 Å². The summed E-state index contributed by atoms with van der Waals surface area (Å²) in [5.74, 6) is 0.297. The summed E-state index contributed by atoms with van der Waals surface area (Å²) in [6.07, 6.45) is -0.786. The molecule has 2 fully saturated rings. The minimum atomic E-state index is -4.45. The monoisotopic (exact) mass is 352 g/mol. The van der Waals surface area contributed by atoms with E-state index >= 15 is 0 Å². The highest BCUT2D eigenvalue weighted by atomic mass is 19.4. The number of benzene rings is 1. The van der Waals surface area contributed by atoms with E-state index in [0.29, 0.717) is 22.4 Å². The molecule has 0 N–H and O–H groups in total. The normalized spacial score (nSPS) is 21.6. The van der Waals surface area contributed by atoms with Crippen molar-refractivity contribution >= 4 is 11.1 Å². The van der Waals surface area contributed by atoms with Crippen LogP contribution in [0.2, 0.25) is 0 Å². The minimum Gasteiger partial charge on any atom is -0.440 e. The van der Waals surface area contributed by atoms with E-state index in [4.69, 9.17) is 4.42 Å². The summed E-state index contributed by atoms with van der Waals surface area (Å²) in [4.78, 5) is 6.62. The second kappa shape index (κ2) is 5.47. The molecule has 0 unspecified atom stereocenters. The number of fused-ring (bicyclic) bond motifs is 1. The van der Waals surface area contributed by atoms with Gasteiger partial charge in [-0.25, -0.2) is 4.98 Å². The van der Waals surface area contributed by atoms with Crippen molar-refractivity contribution in [1.82, 2.24) is 9.88 Å². The number of likely N-dealkylation sites (tertiary alicyclic amines) is 1. The maximum atomic E-state index is 13.6. The van der Waals surface area contributed by atoms with Crippen molar-refractivity contribution in [2.45, 2.75) is 58.2 Å². The number of aromatic nitrogens is 1. The molecule has 1 aliphatic carbocycles. The van der Waals surface area contributed by atoms with Crippen molar-refractivity contribution in [3.8, 4) is 0 Å². The third-order valence-corrected chi connectivity index (χ3v) is 5.78. The molecule has 1 aromatic carbocycles. The van der Waals surface area contributed by atoms with E-state index < -0.39 is 11.7 Å². The number of alkyl halides is 3. The fraction of sp³-hybridized carbons (Fsp3) is 0.632. The lowest BCUT2D eigenvalue weighted by atomic mass is 10.0. The molecule has 4 rings (SSSR count). The molecular weight excluding hydrogens is 329 g/mol. The summed E-state index contributed by atoms with van der Waals surface area (Å²) in [5, 5.41) is 0. The Morgan fingerprint density at radius 3 is 2.44 bits per heavy atom. The van der Waals surface area contributed by atoms with Crippen LogP contribution < -0.4 is 0 Å². The van der Waals surface area contributed by atoms with Crippen LogP contribution in [0.5, 0.6) is 0 Å². The Hall–Kier alpha value is -1.56. The second-order valence-electron chi connectivity index (χ2n) is 8.02. The van der Waals surface area contributed by atoms with Crippen molar-refractivity contribution in [2.24, 2.45) is 5.41 Å². The van der Waals surface area contributed by atoms with Crippen LogP contribution in [0, 0.1) is 5.41 Å². The molecule has 3 nitrogen and oxygen atoms in total. The van der Waals surface area contributed by atoms with Gasteiger partial charge in [0.05, 0.1) is 0 Å². The Balaban J connectivity index is 1.76. The number of hydrogen-bond donors (Lipinski definition) is 0. The van der Waals surface area contributed by atoms with Crippen molar-refractivity contribution < 1.29 is 17.6 Å². The lowest BCUT2D eigenvalue weighted by Crippen LogP contribution is -2.25. The molecule has 1 saturated heterocycles. The van der Waals surface area contributed by atoms with E-state index in [-0.39, 0.29) is 17.5 Å². The molecule has 136 valence electrons. The highest BCUT2D eigenvalue weighted by Crippen LogP contribution is 2.54. The van der Waals surface area contributed by atoms with E-state index in [2.05, 4.69) is 9.88 Å². The van der Waals surface area contributed by atoms with Gasteiger partial charge in [-0.3, -0.25) is 4.90 Å². The Bertz CT molecular complexity index is 805. The van der Waals surface area contributed by atoms with E-state index in [1.807, 2.05) is 20.8 Å². The molecule has 6 heteroatoms. The van der Waals surface area contributed by atoms with Crippen LogP contribution in [0.1, 0.15) is 69.0 Å². The van der Waals surface area contributed by atoms with Crippen molar-refractivity contribution in [3.63, 3.8) is 0 Å². The zero-order chi connectivity index (χ0) is 18.0. The third kappa shape index (κ3) is 2.94. The predicted molar refractivity (Wildman–Crippen MR) is 89.4 cm³/mol. The predicted octanol–water partition coefficient (Wildman–Crippen LogP) is 5.52. The van der Waals surface area contributed by atoms with Gasteiger partial charge in [-0.2, -0.15) is 13.2 Å². The van der Waals surface area contributed by atoms with E-state index in [9.17, 15) is 13.2 Å². The van der Waals surface area contributed by atoms with E-state index in [1.54, 1.807) is 6.07 Å². The van der Waals surface area contributed by atoms with Gasteiger partial charge in [-0.15, -0.1) is 0 Å². The van der Waals surface area contributed by atoms with Crippen molar-refractivity contribution in [1.29, 1.82) is 0 Å². The fourth-order valence-electron chi connectivity index (χ4n) is 3.87. The number of nitrogens with zero attached hydrogens (tertiary/aromatic N) is 2. The molecule has 2 heterocycles. The Morgan fingerprint density at radius 1 is 1.16 bits per heavy atom. The smallest absolute Gasteiger partial charge is 0.420 e. The van der Waals surface area contributed by atoms with Crippen LogP contribution in [0.3, 0.4) is 0 Å². The molecule has 1 atom stereocenters. The first-order valence-electron chi connectivity index (χ1n) is 8.94. The molecule has 0 radical (unpaired) electrons. The molecule has 1 spiro atoms. The molecule has 1 aromatic heterocycles. The molecule has 1 aliphatic heterocycles. The summed E-state index contributed by atoms with van der Waals surface area (Å²) in [6, 6.07) is 2.97. The van der Waals surface area contributed by atoms with Crippen molar-refractivity contribution in [3.05, 3.63) is 29.2 Å². The van der Waals surface area contributed by atoms with E-state index in [1.165, 1.54) is 18.9 Å². The molecule has 1 saturated carbocycles. The Labute approximate surface area is 145 Å². The average Bonchev–Trinajstić information content (AvgIpc) is 2.95. The van der Waals surface area contributed by atoms with Gasteiger partial charge >= 0.3 is 6.18 Å². The topological polar surface area (TPSA) is 29.3 Å². The van der Waals surface area contributed by atoms with Gasteiger partial charge < -0.3 is 4.42 Å². The standard InChI is InChI=1S/C19H23F3N2O/c1-11(2)17-23-15-9-13(8-14(16(15)25-17)19(20,21)22)12(3)24-7-6-18(10-24)4-5-18/h8-9,11-12H,4-7,10H2,1-3H3/t12-/m0/s1. The van der Waals surface area contributed by atoms with Crippen LogP contribution >= 0.6 is 0 Å². The molecular formula is C19H23F3N2O. The van der Waals surface area contributed by atoms with Gasteiger partial charge in [0.2, 0.25) is 0 Å². The number of rotatable bonds is 3. The zero-order valence-electron chi connectivity index (χ0n) is 14.8. The quantitative estimate of drug-likeness (QED) is 0.729. The van der Waals surface area contributed by atoms with Gasteiger partial charge in [-0.1, -0.05) is 13.8 Å². The average molecular weight is 352 g/mol.